The molecule has 9 nitrogen and oxygen atoms in total. The van der Waals surface area contributed by atoms with Crippen LogP contribution in [0.5, 0.6) is 0 Å². The molecule has 1 aliphatic rings. The van der Waals surface area contributed by atoms with Gasteiger partial charge in [0.05, 0.1) is 24.2 Å². The summed E-state index contributed by atoms with van der Waals surface area (Å²) in [5, 5.41) is 2.61. The second-order valence-electron chi connectivity index (χ2n) is 7.08. The third kappa shape index (κ3) is 4.02. The van der Waals surface area contributed by atoms with Crippen molar-refractivity contribution < 1.29 is 23.1 Å². The van der Waals surface area contributed by atoms with E-state index in [-0.39, 0.29) is 22.8 Å². The van der Waals surface area contributed by atoms with Crippen molar-refractivity contribution in [3.05, 3.63) is 24.0 Å². The van der Waals surface area contributed by atoms with Gasteiger partial charge in [0, 0.05) is 11.4 Å². The van der Waals surface area contributed by atoms with Gasteiger partial charge in [-0.25, -0.2) is 9.78 Å². The number of benzene rings is 1. The smallest absolute Gasteiger partial charge is 0.407 e. The third-order valence-electron chi connectivity index (χ3n) is 4.91. The number of methoxy groups -OCH3 is 1. The van der Waals surface area contributed by atoms with E-state index in [0.29, 0.717) is 23.4 Å². The molecule has 0 spiro atoms. The van der Waals surface area contributed by atoms with Crippen LogP contribution in [0.15, 0.2) is 23.1 Å². The molecule has 0 saturated carbocycles. The minimum Gasteiger partial charge on any atom is -0.768 e. The average molecular weight is 407 g/mol. The van der Waals surface area contributed by atoms with Crippen molar-refractivity contribution in [3.63, 3.8) is 0 Å². The molecule has 1 saturated heterocycles. The number of imidazole rings is 1. The van der Waals surface area contributed by atoms with Crippen LogP contribution in [-0.4, -0.2) is 55.3 Å². The van der Waals surface area contributed by atoms with Crippen LogP contribution in [0.3, 0.4) is 0 Å². The number of alkyl carbamates (subject to hydrolysis) is 1. The normalized spacial score (nSPS) is 19.0. The lowest BCUT2D eigenvalue weighted by Crippen LogP contribution is -2.51. The summed E-state index contributed by atoms with van der Waals surface area (Å²) >= 11 is -2.32. The molecular formula is C18H23N4O5S-. The molecule has 10 heteroatoms. The maximum Gasteiger partial charge on any atom is 0.407 e. The zero-order valence-corrected chi connectivity index (χ0v) is 16.7. The number of nitrogens with zero attached hydrogens (tertiary/aromatic N) is 2. The first-order chi connectivity index (χ1) is 13.3. The van der Waals surface area contributed by atoms with E-state index >= 15 is 0 Å². The van der Waals surface area contributed by atoms with Crippen molar-refractivity contribution in [2.75, 3.05) is 13.7 Å². The van der Waals surface area contributed by atoms with Crippen LogP contribution in [-0.2, 0) is 20.6 Å². The van der Waals surface area contributed by atoms with Crippen molar-refractivity contribution in [3.8, 4) is 0 Å². The first kappa shape index (κ1) is 20.3. The van der Waals surface area contributed by atoms with Crippen LogP contribution in [0.2, 0.25) is 0 Å². The Hall–Kier alpha value is -2.46. The first-order valence-electron chi connectivity index (χ1n) is 9.05. The van der Waals surface area contributed by atoms with Gasteiger partial charge < -0.3 is 24.5 Å². The number of nitrogens with one attached hydrogen (secondary N) is 2. The first-order valence-corrected chi connectivity index (χ1v) is 10.1. The Morgan fingerprint density at radius 3 is 2.82 bits per heavy atom. The molecule has 28 heavy (non-hydrogen) atoms. The van der Waals surface area contributed by atoms with Crippen LogP contribution in [0, 0.1) is 5.92 Å². The van der Waals surface area contributed by atoms with Crippen molar-refractivity contribution in [1.82, 2.24) is 20.2 Å². The molecule has 2 N–H and O–H groups in total. The fraction of sp³-hybridized carbons (Fsp3) is 0.500. The Kier molecular flexibility index (Phi) is 5.99. The maximum atomic E-state index is 13.1. The summed E-state index contributed by atoms with van der Waals surface area (Å²) in [5.74, 6) is 0.304. The molecule has 0 bridgehead atoms. The number of amides is 2. The minimum atomic E-state index is -2.32. The minimum absolute atomic E-state index is 0.113. The number of ether oxygens (including phenoxy) is 1. The lowest BCUT2D eigenvalue weighted by molar-refractivity contribution is -0.135. The second-order valence-corrected chi connectivity index (χ2v) is 8.02. The second kappa shape index (κ2) is 8.27. The zero-order valence-electron chi connectivity index (χ0n) is 15.9. The predicted octanol–water partition coefficient (Wildman–Crippen LogP) is 1.84. The Balaban J connectivity index is 1.87. The molecule has 2 amide bonds. The molecule has 2 unspecified atom stereocenters. The summed E-state index contributed by atoms with van der Waals surface area (Å²) in [4.78, 5) is 34.3. The van der Waals surface area contributed by atoms with Gasteiger partial charge in [0.1, 0.15) is 11.9 Å². The molecular weight excluding hydrogens is 384 g/mol. The Bertz CT molecular complexity index is 913. The Labute approximate surface area is 165 Å². The summed E-state index contributed by atoms with van der Waals surface area (Å²) in [6.45, 7) is 4.27. The van der Waals surface area contributed by atoms with Crippen LogP contribution >= 0.6 is 0 Å². The number of hydrogen-bond donors (Lipinski definition) is 2. The van der Waals surface area contributed by atoms with E-state index in [1.165, 1.54) is 19.2 Å². The highest BCUT2D eigenvalue weighted by Gasteiger charge is 2.37. The lowest BCUT2D eigenvalue weighted by atomic mass is 10.0. The highest BCUT2D eigenvalue weighted by molar-refractivity contribution is 7.79. The SMILES string of the molecule is COC(=O)N[C@H](C(=O)N1CCCC1c1nc2ccc(S(=O)[O-])cc2[nH]1)C(C)C. The van der Waals surface area contributed by atoms with Gasteiger partial charge in [-0.15, -0.1) is 0 Å². The van der Waals surface area contributed by atoms with Crippen LogP contribution in [0.1, 0.15) is 38.6 Å². The monoisotopic (exact) mass is 407 g/mol. The highest BCUT2D eigenvalue weighted by atomic mass is 32.2. The topological polar surface area (TPSA) is 127 Å². The van der Waals surface area contributed by atoms with Gasteiger partial charge in [-0.05, 0) is 48.0 Å². The van der Waals surface area contributed by atoms with E-state index in [9.17, 15) is 18.4 Å². The van der Waals surface area contributed by atoms with Crippen LogP contribution < -0.4 is 5.32 Å². The summed E-state index contributed by atoms with van der Waals surface area (Å²) in [5.41, 5.74) is 1.24. The fourth-order valence-corrected chi connectivity index (χ4v) is 3.86. The molecule has 1 aromatic heterocycles. The Morgan fingerprint density at radius 1 is 1.43 bits per heavy atom. The van der Waals surface area contributed by atoms with E-state index in [2.05, 4.69) is 20.0 Å². The highest BCUT2D eigenvalue weighted by Crippen LogP contribution is 2.32. The fourth-order valence-electron chi connectivity index (χ4n) is 3.46. The zero-order chi connectivity index (χ0) is 20.4. The molecule has 1 aliphatic heterocycles. The molecule has 3 rings (SSSR count). The van der Waals surface area contributed by atoms with Crippen molar-refractivity contribution >= 4 is 34.1 Å². The van der Waals surface area contributed by atoms with Gasteiger partial charge in [0.15, 0.2) is 0 Å². The average Bonchev–Trinajstić information content (AvgIpc) is 3.30. The number of hydrogen-bond acceptors (Lipinski definition) is 6. The number of carbonyl (C=O) groups excluding carboxylic acids is 2. The van der Waals surface area contributed by atoms with E-state index in [4.69, 9.17) is 0 Å². The number of fused-ring (bicyclic) bond motifs is 1. The predicted molar refractivity (Wildman–Crippen MR) is 101 cm³/mol. The van der Waals surface area contributed by atoms with Gasteiger partial charge in [-0.1, -0.05) is 13.8 Å². The van der Waals surface area contributed by atoms with E-state index in [0.717, 1.165) is 12.8 Å². The van der Waals surface area contributed by atoms with Crippen LogP contribution in [0.4, 0.5) is 4.79 Å². The van der Waals surface area contributed by atoms with Gasteiger partial charge in [0.25, 0.3) is 0 Å². The van der Waals surface area contributed by atoms with E-state index < -0.39 is 23.2 Å². The quantitative estimate of drug-likeness (QED) is 0.728. The molecule has 1 fully saturated rings. The summed E-state index contributed by atoms with van der Waals surface area (Å²) in [6.07, 6.45) is 0.894. The van der Waals surface area contributed by atoms with E-state index in [1.807, 2.05) is 13.8 Å². The van der Waals surface area contributed by atoms with Gasteiger partial charge in [0.2, 0.25) is 5.91 Å². The van der Waals surface area contributed by atoms with Crippen molar-refractivity contribution in [1.29, 1.82) is 0 Å². The largest absolute Gasteiger partial charge is 0.768 e. The van der Waals surface area contributed by atoms with Crippen LogP contribution in [0.25, 0.3) is 11.0 Å². The molecule has 1 aromatic carbocycles. The van der Waals surface area contributed by atoms with Gasteiger partial charge in [-0.3, -0.25) is 9.00 Å². The van der Waals surface area contributed by atoms with E-state index in [1.54, 1.807) is 11.0 Å². The summed E-state index contributed by atoms with van der Waals surface area (Å²) in [6, 6.07) is 3.68. The molecule has 2 aromatic rings. The Morgan fingerprint density at radius 2 is 2.18 bits per heavy atom. The standard InChI is InChI=1S/C18H24N4O5S/c1-10(2)15(21-18(24)27-3)17(23)22-8-4-5-14(22)16-19-12-7-6-11(28(25)26)9-13(12)20-16/h6-7,9-10,14-15H,4-5,8H2,1-3H3,(H,19,20)(H,21,24)(H,25,26)/p-1/t14?,15-/m0/s1. The molecule has 152 valence electrons. The summed E-state index contributed by atoms with van der Waals surface area (Å²) in [7, 11) is 1.26. The lowest BCUT2D eigenvalue weighted by Gasteiger charge is -2.29. The number of aromatic amines is 1. The number of aromatic nitrogens is 2. The summed E-state index contributed by atoms with van der Waals surface area (Å²) < 4.78 is 27.0. The number of H-pyrrole nitrogens is 1. The van der Waals surface area contributed by atoms with Gasteiger partial charge in [-0.2, -0.15) is 0 Å². The molecule has 3 atom stereocenters. The maximum absolute atomic E-state index is 13.1. The number of rotatable bonds is 5. The molecule has 2 heterocycles. The van der Waals surface area contributed by atoms with Crippen molar-refractivity contribution in [2.24, 2.45) is 5.92 Å². The number of likely N-dealkylation sites (tertiary alicyclic amines) is 1. The van der Waals surface area contributed by atoms with Gasteiger partial charge >= 0.3 is 6.09 Å². The third-order valence-corrected chi connectivity index (χ3v) is 5.55. The number of carbonyl (C=O) groups is 2. The van der Waals surface area contributed by atoms with Crippen molar-refractivity contribution in [2.45, 2.75) is 43.7 Å². The molecule has 0 aliphatic carbocycles. The molecule has 0 radical (unpaired) electrons.